The van der Waals surface area contributed by atoms with E-state index in [1.165, 1.54) is 7.11 Å². The number of benzene rings is 2. The maximum Gasteiger partial charge on any atom is 0.188 e. The topological polar surface area (TPSA) is 60.2 Å². The number of aryl methyl sites for hydroxylation is 1. The van der Waals surface area contributed by atoms with Crippen molar-refractivity contribution in [3.05, 3.63) is 58.7 Å². The van der Waals surface area contributed by atoms with Crippen LogP contribution in [0.1, 0.15) is 16.1 Å². The van der Waals surface area contributed by atoms with Crippen LogP contribution in [-0.2, 0) is 11.3 Å². The lowest BCUT2D eigenvalue weighted by Gasteiger charge is -2.25. The third-order valence-corrected chi connectivity index (χ3v) is 4.97. The number of ketones is 1. The smallest absolute Gasteiger partial charge is 0.188 e. The highest BCUT2D eigenvalue weighted by Crippen LogP contribution is 2.39. The van der Waals surface area contributed by atoms with Gasteiger partial charge in [0.2, 0.25) is 0 Å². The van der Waals surface area contributed by atoms with Crippen molar-refractivity contribution in [2.45, 2.75) is 13.5 Å². The van der Waals surface area contributed by atoms with Crippen molar-refractivity contribution in [1.29, 1.82) is 0 Å². The number of hydrogen-bond acceptors (Lipinski definition) is 5. The second kappa shape index (κ2) is 7.13. The molecule has 7 heteroatoms. The molecule has 6 nitrogen and oxygen atoms in total. The van der Waals surface area contributed by atoms with Gasteiger partial charge in [-0.2, -0.15) is 0 Å². The molecule has 1 aliphatic heterocycles. The molecule has 0 atom stereocenters. The number of aromatic nitrogens is 3. The molecule has 0 saturated carbocycles. The van der Waals surface area contributed by atoms with E-state index >= 15 is 0 Å². The number of carbonyl (C=O) groups is 1. The highest BCUT2D eigenvalue weighted by molar-refractivity contribution is 6.30. The van der Waals surface area contributed by atoms with E-state index in [2.05, 4.69) is 15.2 Å². The summed E-state index contributed by atoms with van der Waals surface area (Å²) in [6.45, 7) is 3.39. The molecular formula is C20H19ClN4O2. The number of Topliss-reactive ketones (excluding diaryl/α,β-unsaturated/α-hetero) is 1. The zero-order valence-electron chi connectivity index (χ0n) is 15.1. The Bertz CT molecular complexity index is 998. The molecule has 0 fully saturated rings. The van der Waals surface area contributed by atoms with Crippen LogP contribution in [0.4, 0.5) is 11.4 Å². The van der Waals surface area contributed by atoms with Crippen LogP contribution >= 0.6 is 11.6 Å². The van der Waals surface area contributed by atoms with Gasteiger partial charge in [-0.3, -0.25) is 4.79 Å². The quantitative estimate of drug-likeness (QED) is 0.641. The van der Waals surface area contributed by atoms with Crippen molar-refractivity contribution in [2.24, 2.45) is 0 Å². The van der Waals surface area contributed by atoms with E-state index in [4.69, 9.17) is 16.3 Å². The van der Waals surface area contributed by atoms with Crippen molar-refractivity contribution in [3.8, 4) is 11.3 Å². The fraction of sp³-hybridized carbons (Fsp3) is 0.250. The molecule has 2 heterocycles. The number of nitrogens with zero attached hydrogens (tertiary/aromatic N) is 4. The first-order valence-electron chi connectivity index (χ1n) is 8.68. The number of hydrogen-bond donors (Lipinski definition) is 0. The second-order valence-corrected chi connectivity index (χ2v) is 6.90. The van der Waals surface area contributed by atoms with Crippen LogP contribution in [0.2, 0.25) is 5.02 Å². The summed E-state index contributed by atoms with van der Waals surface area (Å²) in [5.41, 5.74) is 5.42. The SMILES string of the molecule is COCC(=O)c1ccc2c(c1)N(c1ccc(Cl)cc1)CCn1nnc(C)c1-2. The Labute approximate surface area is 162 Å². The first-order valence-corrected chi connectivity index (χ1v) is 9.06. The van der Waals surface area contributed by atoms with Gasteiger partial charge in [0.1, 0.15) is 6.61 Å². The van der Waals surface area contributed by atoms with Crippen LogP contribution < -0.4 is 4.90 Å². The Hall–Kier alpha value is -2.70. The summed E-state index contributed by atoms with van der Waals surface area (Å²) in [7, 11) is 1.52. The number of halogens is 1. The Morgan fingerprint density at radius 2 is 1.96 bits per heavy atom. The zero-order chi connectivity index (χ0) is 19.0. The molecule has 0 bridgehead atoms. The van der Waals surface area contributed by atoms with E-state index in [0.717, 1.165) is 28.3 Å². The minimum atomic E-state index is -0.0519. The van der Waals surface area contributed by atoms with Crippen LogP contribution in [0.15, 0.2) is 42.5 Å². The van der Waals surface area contributed by atoms with Gasteiger partial charge in [0, 0.05) is 35.5 Å². The molecule has 0 saturated heterocycles. The molecule has 27 heavy (non-hydrogen) atoms. The lowest BCUT2D eigenvalue weighted by Crippen LogP contribution is -2.21. The molecule has 1 aliphatic rings. The van der Waals surface area contributed by atoms with Gasteiger partial charge in [-0.15, -0.1) is 5.10 Å². The molecule has 0 N–H and O–H groups in total. The van der Waals surface area contributed by atoms with Crippen molar-refractivity contribution in [2.75, 3.05) is 25.2 Å². The van der Waals surface area contributed by atoms with E-state index in [0.29, 0.717) is 23.7 Å². The Morgan fingerprint density at radius 1 is 1.19 bits per heavy atom. The molecule has 0 amide bonds. The lowest BCUT2D eigenvalue weighted by molar-refractivity contribution is 0.0848. The van der Waals surface area contributed by atoms with Crippen molar-refractivity contribution in [1.82, 2.24) is 15.0 Å². The number of anilines is 2. The van der Waals surface area contributed by atoms with Gasteiger partial charge in [0.25, 0.3) is 0 Å². The van der Waals surface area contributed by atoms with Crippen LogP contribution in [-0.4, -0.2) is 41.0 Å². The molecule has 0 unspecified atom stereocenters. The lowest BCUT2D eigenvalue weighted by atomic mass is 10.0. The zero-order valence-corrected chi connectivity index (χ0v) is 15.9. The average molecular weight is 383 g/mol. The molecule has 1 aromatic heterocycles. The van der Waals surface area contributed by atoms with E-state index < -0.39 is 0 Å². The third kappa shape index (κ3) is 3.22. The van der Waals surface area contributed by atoms with Gasteiger partial charge < -0.3 is 9.64 Å². The predicted molar refractivity (Wildman–Crippen MR) is 105 cm³/mol. The second-order valence-electron chi connectivity index (χ2n) is 6.46. The maximum atomic E-state index is 12.4. The molecule has 0 radical (unpaired) electrons. The molecule has 0 spiro atoms. The van der Waals surface area contributed by atoms with Crippen molar-refractivity contribution in [3.63, 3.8) is 0 Å². The monoisotopic (exact) mass is 382 g/mol. The predicted octanol–water partition coefficient (Wildman–Crippen LogP) is 3.89. The average Bonchev–Trinajstić information content (AvgIpc) is 2.95. The minimum Gasteiger partial charge on any atom is -0.377 e. The van der Waals surface area contributed by atoms with Crippen LogP contribution in [0.3, 0.4) is 0 Å². The normalized spacial score (nSPS) is 13.1. The van der Waals surface area contributed by atoms with E-state index in [9.17, 15) is 4.79 Å². The first kappa shape index (κ1) is 17.7. The van der Waals surface area contributed by atoms with Crippen molar-refractivity contribution >= 4 is 28.8 Å². The molecule has 2 aromatic carbocycles. The fourth-order valence-corrected chi connectivity index (χ4v) is 3.56. The molecule has 3 aromatic rings. The van der Waals surface area contributed by atoms with Crippen LogP contribution in [0.25, 0.3) is 11.3 Å². The fourth-order valence-electron chi connectivity index (χ4n) is 3.44. The summed E-state index contributed by atoms with van der Waals surface area (Å²) < 4.78 is 6.93. The Kier molecular flexibility index (Phi) is 4.68. The molecule has 0 aliphatic carbocycles. The van der Waals surface area contributed by atoms with Crippen LogP contribution in [0.5, 0.6) is 0 Å². The van der Waals surface area contributed by atoms with Gasteiger partial charge in [-0.1, -0.05) is 22.9 Å². The third-order valence-electron chi connectivity index (χ3n) is 4.72. The first-order chi connectivity index (χ1) is 13.1. The van der Waals surface area contributed by atoms with Crippen molar-refractivity contribution < 1.29 is 9.53 Å². The van der Waals surface area contributed by atoms with Gasteiger partial charge >= 0.3 is 0 Å². The Morgan fingerprint density at radius 3 is 2.70 bits per heavy atom. The number of methoxy groups -OCH3 is 1. The largest absolute Gasteiger partial charge is 0.377 e. The Balaban J connectivity index is 1.89. The number of rotatable bonds is 4. The molecular weight excluding hydrogens is 364 g/mol. The summed E-state index contributed by atoms with van der Waals surface area (Å²) in [6, 6.07) is 13.4. The summed E-state index contributed by atoms with van der Waals surface area (Å²) in [5, 5.41) is 9.19. The van der Waals surface area contributed by atoms with Gasteiger partial charge in [-0.05, 0) is 43.3 Å². The summed E-state index contributed by atoms with van der Waals surface area (Å²) >= 11 is 6.06. The van der Waals surface area contributed by atoms with E-state index in [1.807, 2.05) is 54.1 Å². The summed E-state index contributed by atoms with van der Waals surface area (Å²) in [6.07, 6.45) is 0. The number of carbonyl (C=O) groups excluding carboxylic acids is 1. The summed E-state index contributed by atoms with van der Waals surface area (Å²) in [4.78, 5) is 14.6. The molecule has 4 rings (SSSR count). The summed E-state index contributed by atoms with van der Waals surface area (Å²) in [5.74, 6) is -0.0519. The number of fused-ring (bicyclic) bond motifs is 3. The van der Waals surface area contributed by atoms with Gasteiger partial charge in [-0.25, -0.2) is 4.68 Å². The standard InChI is InChI=1S/C20H19ClN4O2/c1-13-20-17-8-3-14(19(26)12-27-2)11-18(17)24(9-10-25(20)23-22-13)16-6-4-15(21)5-7-16/h3-8,11H,9-10,12H2,1-2H3. The highest BCUT2D eigenvalue weighted by atomic mass is 35.5. The number of ether oxygens (including phenoxy) is 1. The minimum absolute atomic E-state index is 0.0519. The van der Waals surface area contributed by atoms with E-state index in [1.54, 1.807) is 0 Å². The van der Waals surface area contributed by atoms with Crippen LogP contribution in [0, 0.1) is 6.92 Å². The van der Waals surface area contributed by atoms with Gasteiger partial charge in [0.15, 0.2) is 5.78 Å². The highest BCUT2D eigenvalue weighted by Gasteiger charge is 2.25. The van der Waals surface area contributed by atoms with E-state index in [-0.39, 0.29) is 12.4 Å². The van der Waals surface area contributed by atoms with Gasteiger partial charge in [0.05, 0.1) is 23.6 Å². The maximum absolute atomic E-state index is 12.4. The molecule has 138 valence electrons.